The molecule has 6 nitrogen and oxygen atoms in total. The summed E-state index contributed by atoms with van der Waals surface area (Å²) in [6.45, 7) is 0.684. The fourth-order valence-electron chi connectivity index (χ4n) is 2.23. The Morgan fingerprint density at radius 1 is 1.04 bits per heavy atom. The van der Waals surface area contributed by atoms with Crippen LogP contribution in [0.5, 0.6) is 5.75 Å². The third kappa shape index (κ3) is 6.36. The van der Waals surface area contributed by atoms with Crippen LogP contribution in [0.3, 0.4) is 0 Å². The van der Waals surface area contributed by atoms with Crippen LogP contribution in [0.15, 0.2) is 82.6 Å². The lowest BCUT2D eigenvalue weighted by atomic mass is 10.2. The zero-order chi connectivity index (χ0) is 18.7. The molecule has 3 aromatic rings. The van der Waals surface area contributed by atoms with E-state index in [0.717, 1.165) is 16.9 Å². The van der Waals surface area contributed by atoms with E-state index >= 15 is 0 Å². The molecule has 0 unspecified atom stereocenters. The average molecular weight is 364 g/mol. The minimum atomic E-state index is -0.270. The van der Waals surface area contributed by atoms with Gasteiger partial charge in [0.1, 0.15) is 18.1 Å². The van der Waals surface area contributed by atoms with Crippen LogP contribution in [0, 0.1) is 0 Å². The first-order chi connectivity index (χ1) is 13.3. The molecule has 0 fully saturated rings. The number of hydrogen-bond donors (Lipinski definition) is 1. The summed E-state index contributed by atoms with van der Waals surface area (Å²) in [4.78, 5) is 16.6. The topological polar surface area (TPSA) is 73.1 Å². The van der Waals surface area contributed by atoms with Crippen LogP contribution >= 0.6 is 0 Å². The normalized spacial score (nSPS) is 10.7. The summed E-state index contributed by atoms with van der Waals surface area (Å²) in [6.07, 6.45) is 3.10. The van der Waals surface area contributed by atoms with Crippen LogP contribution in [0.2, 0.25) is 0 Å². The van der Waals surface area contributed by atoms with Crippen molar-refractivity contribution in [2.24, 2.45) is 5.16 Å². The number of hydrogen-bond acceptors (Lipinski definition) is 5. The highest BCUT2D eigenvalue weighted by Gasteiger charge is 2.02. The van der Waals surface area contributed by atoms with Crippen molar-refractivity contribution in [3.63, 3.8) is 0 Å². The average Bonchev–Trinajstić information content (AvgIpc) is 3.23. The second-order valence-corrected chi connectivity index (χ2v) is 5.71. The number of nitrogens with zero attached hydrogens (tertiary/aromatic N) is 1. The Balaban J connectivity index is 1.36. The van der Waals surface area contributed by atoms with Crippen LogP contribution in [0.4, 0.5) is 0 Å². The molecule has 0 aliphatic heterocycles. The number of benzene rings is 2. The fraction of sp³-hybridized carbons (Fsp3) is 0.143. The fourth-order valence-corrected chi connectivity index (χ4v) is 2.23. The lowest BCUT2D eigenvalue weighted by molar-refractivity contribution is -0.125. The molecular weight excluding hydrogens is 344 g/mol. The van der Waals surface area contributed by atoms with E-state index < -0.39 is 0 Å². The smallest absolute Gasteiger partial charge is 0.261 e. The quantitative estimate of drug-likeness (QED) is 0.466. The van der Waals surface area contributed by atoms with E-state index in [1.807, 2.05) is 54.6 Å². The number of furan rings is 1. The molecule has 0 saturated carbocycles. The molecule has 2 aromatic carbocycles. The molecule has 1 heterocycles. The summed E-state index contributed by atoms with van der Waals surface area (Å²) >= 11 is 0. The number of carbonyl (C=O) groups is 1. The van der Waals surface area contributed by atoms with Crippen molar-refractivity contribution in [3.05, 3.63) is 89.9 Å². The van der Waals surface area contributed by atoms with Gasteiger partial charge in [0, 0.05) is 0 Å². The molecule has 3 rings (SSSR count). The molecule has 138 valence electrons. The van der Waals surface area contributed by atoms with Crippen LogP contribution in [0.25, 0.3) is 0 Å². The van der Waals surface area contributed by atoms with Crippen LogP contribution in [-0.2, 0) is 22.8 Å². The first-order valence-corrected chi connectivity index (χ1v) is 8.51. The maximum Gasteiger partial charge on any atom is 0.261 e. The number of amides is 1. The van der Waals surface area contributed by atoms with Crippen molar-refractivity contribution >= 4 is 12.1 Å². The van der Waals surface area contributed by atoms with Gasteiger partial charge in [-0.3, -0.25) is 4.79 Å². The SMILES string of the molecule is O=C(CON=Cc1ccc(OCc2ccccc2)cc1)NCc1ccco1. The Morgan fingerprint density at radius 2 is 1.85 bits per heavy atom. The maximum absolute atomic E-state index is 11.6. The summed E-state index contributed by atoms with van der Waals surface area (Å²) in [7, 11) is 0. The van der Waals surface area contributed by atoms with E-state index in [0.29, 0.717) is 18.9 Å². The monoisotopic (exact) mass is 364 g/mol. The van der Waals surface area contributed by atoms with Crippen molar-refractivity contribution in [3.8, 4) is 5.75 Å². The van der Waals surface area contributed by atoms with Crippen molar-refractivity contribution in [1.29, 1.82) is 0 Å². The van der Waals surface area contributed by atoms with E-state index in [-0.39, 0.29) is 12.5 Å². The number of oxime groups is 1. The molecular formula is C21H20N2O4. The molecule has 0 spiro atoms. The van der Waals surface area contributed by atoms with E-state index in [4.69, 9.17) is 14.0 Å². The molecule has 0 bridgehead atoms. The van der Waals surface area contributed by atoms with E-state index in [2.05, 4.69) is 10.5 Å². The molecule has 0 aliphatic rings. The number of rotatable bonds is 9. The van der Waals surface area contributed by atoms with Gasteiger partial charge in [-0.2, -0.15) is 0 Å². The van der Waals surface area contributed by atoms with Gasteiger partial charge in [-0.15, -0.1) is 0 Å². The van der Waals surface area contributed by atoms with E-state index in [1.54, 1.807) is 24.6 Å². The second kappa shape index (κ2) is 9.82. The maximum atomic E-state index is 11.6. The highest BCUT2D eigenvalue weighted by molar-refractivity contribution is 5.80. The molecule has 6 heteroatoms. The highest BCUT2D eigenvalue weighted by atomic mass is 16.6. The third-order valence-electron chi connectivity index (χ3n) is 3.64. The van der Waals surface area contributed by atoms with Gasteiger partial charge in [0.25, 0.3) is 5.91 Å². The van der Waals surface area contributed by atoms with Gasteiger partial charge in [-0.25, -0.2) is 0 Å². The first-order valence-electron chi connectivity index (χ1n) is 8.51. The Kier molecular flexibility index (Phi) is 6.64. The van der Waals surface area contributed by atoms with Crippen LogP contribution in [-0.4, -0.2) is 18.7 Å². The van der Waals surface area contributed by atoms with Gasteiger partial charge in [0.05, 0.1) is 19.0 Å². The first kappa shape index (κ1) is 18.3. The molecule has 1 amide bonds. The Bertz CT molecular complexity index is 844. The highest BCUT2D eigenvalue weighted by Crippen LogP contribution is 2.13. The number of ether oxygens (including phenoxy) is 1. The predicted molar refractivity (Wildman–Crippen MR) is 101 cm³/mol. The lowest BCUT2D eigenvalue weighted by Crippen LogP contribution is -2.26. The lowest BCUT2D eigenvalue weighted by Gasteiger charge is -2.06. The van der Waals surface area contributed by atoms with Crippen LogP contribution in [0.1, 0.15) is 16.9 Å². The zero-order valence-corrected chi connectivity index (χ0v) is 14.7. The molecule has 0 saturated heterocycles. The summed E-state index contributed by atoms with van der Waals surface area (Å²) in [5.74, 6) is 1.18. The minimum absolute atomic E-state index is 0.157. The Hall–Kier alpha value is -3.54. The van der Waals surface area contributed by atoms with Gasteiger partial charge in [0.15, 0.2) is 6.61 Å². The van der Waals surface area contributed by atoms with E-state index in [1.165, 1.54) is 0 Å². The summed E-state index contributed by atoms with van der Waals surface area (Å²) in [5.41, 5.74) is 1.96. The molecule has 27 heavy (non-hydrogen) atoms. The van der Waals surface area contributed by atoms with Gasteiger partial charge >= 0.3 is 0 Å². The standard InChI is InChI=1S/C21H20N2O4/c24-21(22-14-20-7-4-12-25-20)16-27-23-13-17-8-10-19(11-9-17)26-15-18-5-2-1-3-6-18/h1-13H,14-16H2,(H,22,24). The van der Waals surface area contributed by atoms with Gasteiger partial charge in [0.2, 0.25) is 0 Å². The van der Waals surface area contributed by atoms with E-state index in [9.17, 15) is 4.79 Å². The van der Waals surface area contributed by atoms with Crippen LogP contribution < -0.4 is 10.1 Å². The van der Waals surface area contributed by atoms with Crippen molar-refractivity contribution in [2.75, 3.05) is 6.61 Å². The van der Waals surface area contributed by atoms with Crippen molar-refractivity contribution in [2.45, 2.75) is 13.2 Å². The largest absolute Gasteiger partial charge is 0.489 e. The minimum Gasteiger partial charge on any atom is -0.489 e. The van der Waals surface area contributed by atoms with Crippen molar-refractivity contribution in [1.82, 2.24) is 5.32 Å². The predicted octanol–water partition coefficient (Wildman–Crippen LogP) is 3.53. The van der Waals surface area contributed by atoms with Gasteiger partial charge in [-0.1, -0.05) is 35.5 Å². The summed E-state index contributed by atoms with van der Waals surface area (Å²) in [5, 5.41) is 6.47. The third-order valence-corrected chi connectivity index (χ3v) is 3.64. The molecule has 0 aliphatic carbocycles. The zero-order valence-electron chi connectivity index (χ0n) is 14.7. The molecule has 0 atom stereocenters. The number of carbonyl (C=O) groups excluding carboxylic acids is 1. The Morgan fingerprint density at radius 3 is 2.59 bits per heavy atom. The van der Waals surface area contributed by atoms with Gasteiger partial charge < -0.3 is 19.3 Å². The summed E-state index contributed by atoms with van der Waals surface area (Å²) in [6, 6.07) is 21.0. The van der Waals surface area contributed by atoms with Crippen molar-refractivity contribution < 1.29 is 18.8 Å². The van der Waals surface area contributed by atoms with Gasteiger partial charge in [-0.05, 0) is 47.5 Å². The number of nitrogens with one attached hydrogen (secondary N) is 1. The molecule has 1 N–H and O–H groups in total. The summed E-state index contributed by atoms with van der Waals surface area (Å²) < 4.78 is 10.8. The Labute approximate surface area is 157 Å². The second-order valence-electron chi connectivity index (χ2n) is 5.71. The molecule has 1 aromatic heterocycles. The molecule has 0 radical (unpaired) electrons.